The molecule has 21 heavy (non-hydrogen) atoms. The second-order valence-corrected chi connectivity index (χ2v) is 5.79. The van der Waals surface area contributed by atoms with E-state index in [4.69, 9.17) is 11.6 Å². The van der Waals surface area contributed by atoms with E-state index in [1.807, 2.05) is 30.3 Å². The van der Waals surface area contributed by atoms with Gasteiger partial charge in [-0.2, -0.15) is 0 Å². The molecule has 2 aromatic carbocycles. The number of hydrogen-bond donors (Lipinski definition) is 1. The quantitative estimate of drug-likeness (QED) is 0.893. The Morgan fingerprint density at radius 1 is 1.24 bits per heavy atom. The van der Waals surface area contributed by atoms with E-state index in [1.165, 1.54) is 6.07 Å². The monoisotopic (exact) mass is 305 g/mol. The third-order valence-corrected chi connectivity index (χ3v) is 4.21. The molecule has 0 saturated carbocycles. The second kappa shape index (κ2) is 6.04. The number of halogens is 2. The van der Waals surface area contributed by atoms with Crippen LogP contribution in [0, 0.1) is 5.82 Å². The lowest BCUT2D eigenvalue weighted by Crippen LogP contribution is -2.23. The minimum Gasteiger partial charge on any atom is -0.388 e. The summed E-state index contributed by atoms with van der Waals surface area (Å²) in [6, 6.07) is 12.8. The zero-order valence-electron chi connectivity index (χ0n) is 11.6. The average Bonchev–Trinajstić information content (AvgIpc) is 2.64. The zero-order chi connectivity index (χ0) is 14.8. The summed E-state index contributed by atoms with van der Waals surface area (Å²) in [6.07, 6.45) is 1.24. The third-order valence-electron chi connectivity index (χ3n) is 3.90. The van der Waals surface area contributed by atoms with E-state index in [2.05, 4.69) is 4.90 Å². The van der Waals surface area contributed by atoms with Gasteiger partial charge in [0.2, 0.25) is 0 Å². The lowest BCUT2D eigenvalue weighted by atomic mass is 10.0. The summed E-state index contributed by atoms with van der Waals surface area (Å²) in [5, 5.41) is 10.3. The van der Waals surface area contributed by atoms with Crippen molar-refractivity contribution in [3.05, 3.63) is 64.4 Å². The maximum atomic E-state index is 13.6. The van der Waals surface area contributed by atoms with Crippen LogP contribution in [0.4, 0.5) is 10.1 Å². The van der Waals surface area contributed by atoms with Crippen molar-refractivity contribution in [3.8, 4) is 0 Å². The van der Waals surface area contributed by atoms with Crippen molar-refractivity contribution in [2.45, 2.75) is 25.5 Å². The SMILES string of the molecule is OC1CCCN(Cc2ccc(Cl)c(F)c2)c2ccccc21. The maximum Gasteiger partial charge on any atom is 0.142 e. The van der Waals surface area contributed by atoms with Gasteiger partial charge in [0.25, 0.3) is 0 Å². The van der Waals surface area contributed by atoms with Crippen molar-refractivity contribution in [2.24, 2.45) is 0 Å². The molecule has 1 N–H and O–H groups in total. The minimum absolute atomic E-state index is 0.144. The molecule has 1 atom stereocenters. The molecule has 0 aliphatic carbocycles. The molecule has 2 aromatic rings. The van der Waals surface area contributed by atoms with Gasteiger partial charge in [0.15, 0.2) is 0 Å². The molecule has 1 heterocycles. The molecule has 0 spiro atoms. The first kappa shape index (κ1) is 14.4. The van der Waals surface area contributed by atoms with Crippen LogP contribution in [-0.2, 0) is 6.54 Å². The van der Waals surface area contributed by atoms with E-state index in [9.17, 15) is 9.50 Å². The standard InChI is InChI=1S/C17H17ClFNO/c18-14-8-7-12(10-15(14)19)11-20-9-3-6-17(21)13-4-1-2-5-16(13)20/h1-2,4-5,7-8,10,17,21H,3,6,9,11H2. The van der Waals surface area contributed by atoms with Gasteiger partial charge in [0.05, 0.1) is 11.1 Å². The van der Waals surface area contributed by atoms with Crippen molar-refractivity contribution in [1.82, 2.24) is 0 Å². The van der Waals surface area contributed by atoms with Crippen LogP contribution in [0.1, 0.15) is 30.1 Å². The Morgan fingerprint density at radius 3 is 2.86 bits per heavy atom. The fraction of sp³-hybridized carbons (Fsp3) is 0.294. The maximum absolute atomic E-state index is 13.6. The van der Waals surface area contributed by atoms with Crippen LogP contribution < -0.4 is 4.90 Å². The Morgan fingerprint density at radius 2 is 2.05 bits per heavy atom. The lowest BCUT2D eigenvalue weighted by Gasteiger charge is -2.25. The molecular weight excluding hydrogens is 289 g/mol. The summed E-state index contributed by atoms with van der Waals surface area (Å²) in [5.41, 5.74) is 2.85. The van der Waals surface area contributed by atoms with E-state index in [0.29, 0.717) is 6.54 Å². The Labute approximate surface area is 128 Å². The summed E-state index contributed by atoms with van der Waals surface area (Å²) < 4.78 is 13.6. The van der Waals surface area contributed by atoms with E-state index in [-0.39, 0.29) is 5.02 Å². The lowest BCUT2D eigenvalue weighted by molar-refractivity contribution is 0.168. The molecule has 110 valence electrons. The van der Waals surface area contributed by atoms with E-state index >= 15 is 0 Å². The van der Waals surface area contributed by atoms with Crippen LogP contribution in [0.2, 0.25) is 5.02 Å². The Balaban J connectivity index is 1.91. The number of benzene rings is 2. The summed E-state index contributed by atoms with van der Waals surface area (Å²) in [4.78, 5) is 2.19. The van der Waals surface area contributed by atoms with Gasteiger partial charge in [-0.3, -0.25) is 0 Å². The minimum atomic E-state index is -0.423. The molecule has 0 fully saturated rings. The van der Waals surface area contributed by atoms with Crippen molar-refractivity contribution < 1.29 is 9.50 Å². The highest BCUT2D eigenvalue weighted by molar-refractivity contribution is 6.30. The predicted molar refractivity (Wildman–Crippen MR) is 83.1 cm³/mol. The molecule has 3 rings (SSSR count). The van der Waals surface area contributed by atoms with Gasteiger partial charge in [-0.25, -0.2) is 4.39 Å². The highest BCUT2D eigenvalue weighted by Crippen LogP contribution is 2.33. The second-order valence-electron chi connectivity index (χ2n) is 5.39. The van der Waals surface area contributed by atoms with Crippen molar-refractivity contribution >= 4 is 17.3 Å². The highest BCUT2D eigenvalue weighted by Gasteiger charge is 2.21. The molecule has 1 aliphatic heterocycles. The fourth-order valence-electron chi connectivity index (χ4n) is 2.83. The smallest absolute Gasteiger partial charge is 0.142 e. The number of rotatable bonds is 2. The van der Waals surface area contributed by atoms with Gasteiger partial charge in [-0.1, -0.05) is 35.9 Å². The molecule has 0 radical (unpaired) electrons. The summed E-state index contributed by atoms with van der Waals surface area (Å²) in [7, 11) is 0. The molecule has 0 saturated heterocycles. The van der Waals surface area contributed by atoms with Gasteiger partial charge in [0, 0.05) is 24.3 Å². The van der Waals surface area contributed by atoms with Gasteiger partial charge >= 0.3 is 0 Å². The van der Waals surface area contributed by atoms with Gasteiger partial charge in [-0.05, 0) is 36.6 Å². The zero-order valence-corrected chi connectivity index (χ0v) is 12.4. The van der Waals surface area contributed by atoms with E-state index in [1.54, 1.807) is 6.07 Å². The number of para-hydroxylation sites is 1. The van der Waals surface area contributed by atoms with Crippen LogP contribution in [0.15, 0.2) is 42.5 Å². The van der Waals surface area contributed by atoms with Crippen molar-refractivity contribution in [1.29, 1.82) is 0 Å². The molecular formula is C17H17ClFNO. The van der Waals surface area contributed by atoms with Crippen LogP contribution >= 0.6 is 11.6 Å². The molecule has 0 amide bonds. The molecule has 4 heteroatoms. The normalized spacial score (nSPS) is 18.2. The van der Waals surface area contributed by atoms with Crippen LogP contribution in [0.3, 0.4) is 0 Å². The largest absolute Gasteiger partial charge is 0.388 e. The average molecular weight is 306 g/mol. The van der Waals surface area contributed by atoms with Gasteiger partial charge in [-0.15, -0.1) is 0 Å². The number of fused-ring (bicyclic) bond motifs is 1. The Bertz CT molecular complexity index is 646. The Hall–Kier alpha value is -1.58. The van der Waals surface area contributed by atoms with E-state index in [0.717, 1.165) is 36.2 Å². The van der Waals surface area contributed by atoms with Crippen LogP contribution in [0.25, 0.3) is 0 Å². The number of anilines is 1. The summed E-state index contributed by atoms with van der Waals surface area (Å²) in [6.45, 7) is 1.45. The molecule has 2 nitrogen and oxygen atoms in total. The van der Waals surface area contributed by atoms with E-state index < -0.39 is 11.9 Å². The van der Waals surface area contributed by atoms with Crippen molar-refractivity contribution in [3.63, 3.8) is 0 Å². The van der Waals surface area contributed by atoms with Gasteiger partial charge in [0.1, 0.15) is 5.82 Å². The summed E-state index contributed by atoms with van der Waals surface area (Å²) >= 11 is 5.73. The predicted octanol–water partition coefficient (Wildman–Crippen LogP) is 4.31. The van der Waals surface area contributed by atoms with Crippen LogP contribution in [-0.4, -0.2) is 11.7 Å². The Kier molecular flexibility index (Phi) is 4.13. The number of aliphatic hydroxyl groups is 1. The number of aliphatic hydroxyl groups excluding tert-OH is 1. The first-order valence-electron chi connectivity index (χ1n) is 7.11. The molecule has 0 bridgehead atoms. The fourth-order valence-corrected chi connectivity index (χ4v) is 2.95. The van der Waals surface area contributed by atoms with Gasteiger partial charge < -0.3 is 10.0 Å². The van der Waals surface area contributed by atoms with Crippen LogP contribution in [0.5, 0.6) is 0 Å². The molecule has 1 aliphatic rings. The third kappa shape index (κ3) is 3.04. The highest BCUT2D eigenvalue weighted by atomic mass is 35.5. The first-order valence-corrected chi connectivity index (χ1v) is 7.49. The number of hydrogen-bond acceptors (Lipinski definition) is 2. The topological polar surface area (TPSA) is 23.5 Å². The first-order chi connectivity index (χ1) is 10.1. The summed E-state index contributed by atoms with van der Waals surface area (Å²) in [5.74, 6) is -0.391. The number of nitrogens with zero attached hydrogens (tertiary/aromatic N) is 1. The molecule has 1 unspecified atom stereocenters. The molecule has 0 aromatic heterocycles. The van der Waals surface area contributed by atoms with Crippen molar-refractivity contribution in [2.75, 3.05) is 11.4 Å².